The van der Waals surface area contributed by atoms with E-state index in [0.29, 0.717) is 0 Å². The summed E-state index contributed by atoms with van der Waals surface area (Å²) in [6.07, 6.45) is 0. The second-order valence-corrected chi connectivity index (χ2v) is 21.4. The summed E-state index contributed by atoms with van der Waals surface area (Å²) < 4.78 is 0. The van der Waals surface area contributed by atoms with E-state index in [1.165, 1.54) is 0 Å². The summed E-state index contributed by atoms with van der Waals surface area (Å²) in [4.78, 5) is 0. The number of rotatable bonds is 0. The average molecular weight is 380 g/mol. The Morgan fingerprint density at radius 1 is 1.25 bits per heavy atom. The van der Waals surface area contributed by atoms with E-state index in [9.17, 15) is 0 Å². The van der Waals surface area contributed by atoms with Crippen molar-refractivity contribution in [2.45, 2.75) is 6.92 Å². The van der Waals surface area contributed by atoms with E-state index in [4.69, 9.17) is 43.4 Å². The van der Waals surface area contributed by atoms with Crippen LogP contribution in [0, 0.1) is 0 Å². The van der Waals surface area contributed by atoms with E-state index in [2.05, 4.69) is 0 Å². The number of halogens is 4. The minimum absolute atomic E-state index is 0.250. The molecular formula is C2H6Cl4IrO. The first-order chi connectivity index (χ1) is 3.41. The van der Waals surface area contributed by atoms with Gasteiger partial charge in [-0.2, -0.15) is 0 Å². The molecule has 1 N–H and O–H groups in total. The third-order valence-electron chi connectivity index (χ3n) is 0. The van der Waals surface area contributed by atoms with Gasteiger partial charge in [0.15, 0.2) is 0 Å². The van der Waals surface area contributed by atoms with Crippen molar-refractivity contribution >= 4 is 38.3 Å². The van der Waals surface area contributed by atoms with Gasteiger partial charge in [-0.15, -0.1) is 0 Å². The Balaban J connectivity index is 0. The number of hydrogen-bond donors (Lipinski definition) is 1. The van der Waals surface area contributed by atoms with Gasteiger partial charge in [-0.3, -0.25) is 0 Å². The Hall–Kier alpha value is 1.77. The molecule has 0 aromatic carbocycles. The molecule has 57 valence electrons. The fourth-order valence-corrected chi connectivity index (χ4v) is 0. The standard InChI is InChI=1S/C2H6O.4ClH.Ir/c1-2-3;;;;;/h3H,2H2,1H3;4*1H;/q;;;;;+4/p-4. The molecule has 1 nitrogen and oxygen atoms in total. The normalized spacial score (nSPS) is 11.8. The number of aliphatic hydroxyl groups is 1. The topological polar surface area (TPSA) is 20.2 Å². The van der Waals surface area contributed by atoms with E-state index < -0.39 is 11.2 Å². The van der Waals surface area contributed by atoms with Crippen molar-refractivity contribution in [2.24, 2.45) is 0 Å². The zero-order chi connectivity index (χ0) is 7.21. The molecule has 0 saturated heterocycles. The monoisotopic (exact) mass is 379 g/mol. The van der Waals surface area contributed by atoms with Crippen LogP contribution in [0.5, 0.6) is 0 Å². The van der Waals surface area contributed by atoms with Gasteiger partial charge in [-0.1, -0.05) is 0 Å². The molecule has 0 fully saturated rings. The van der Waals surface area contributed by atoms with Gasteiger partial charge in [0.05, 0.1) is 0 Å². The second kappa shape index (κ2) is 6.88. The quantitative estimate of drug-likeness (QED) is 0.686. The summed E-state index contributed by atoms with van der Waals surface area (Å²) in [5.74, 6) is 0. The Bertz CT molecular complexity index is 37.8. The first kappa shape index (κ1) is 12.4. The molecule has 6 heteroatoms. The van der Waals surface area contributed by atoms with Crippen LogP contribution in [0.4, 0.5) is 0 Å². The Labute approximate surface area is 67.8 Å². The summed E-state index contributed by atoms with van der Waals surface area (Å²) >= 11 is -3.11. The first-order valence-electron chi connectivity index (χ1n) is 1.53. The maximum atomic E-state index is 7.57. The molecule has 0 aromatic heterocycles. The molecule has 0 aliphatic heterocycles. The zero-order valence-electron chi connectivity index (χ0n) is 4.00. The van der Waals surface area contributed by atoms with Crippen LogP contribution in [0.15, 0.2) is 0 Å². The molecule has 0 bridgehead atoms. The SMILES string of the molecule is CCO.[Cl][Ir]([Cl])([Cl])[Cl]. The van der Waals surface area contributed by atoms with Gasteiger partial charge < -0.3 is 5.11 Å². The van der Waals surface area contributed by atoms with Crippen molar-refractivity contribution in [3.63, 3.8) is 0 Å². The van der Waals surface area contributed by atoms with Crippen molar-refractivity contribution < 1.29 is 16.3 Å². The molecule has 0 saturated carbocycles. The molecule has 0 aromatic rings. The van der Waals surface area contributed by atoms with E-state index in [1.807, 2.05) is 0 Å². The fourth-order valence-electron chi connectivity index (χ4n) is 0. The van der Waals surface area contributed by atoms with E-state index in [-0.39, 0.29) is 6.61 Å². The van der Waals surface area contributed by atoms with Crippen molar-refractivity contribution in [2.75, 3.05) is 6.61 Å². The molecule has 0 rings (SSSR count). The van der Waals surface area contributed by atoms with E-state index >= 15 is 0 Å². The van der Waals surface area contributed by atoms with Gasteiger partial charge >= 0.3 is 49.6 Å². The van der Waals surface area contributed by atoms with Crippen LogP contribution in [0.2, 0.25) is 0 Å². The molecule has 0 atom stereocenters. The summed E-state index contributed by atoms with van der Waals surface area (Å²) in [5, 5.41) is 7.57. The predicted molar refractivity (Wildman–Crippen MR) is 36.2 cm³/mol. The van der Waals surface area contributed by atoms with Gasteiger partial charge in [0, 0.05) is 6.61 Å². The van der Waals surface area contributed by atoms with Gasteiger partial charge in [0.25, 0.3) is 0 Å². The van der Waals surface area contributed by atoms with Gasteiger partial charge in [0.2, 0.25) is 0 Å². The van der Waals surface area contributed by atoms with Crippen molar-refractivity contribution in [3.05, 3.63) is 0 Å². The predicted octanol–water partition coefficient (Wildman–Crippen LogP) is 2.75. The first-order valence-corrected chi connectivity index (χ1v) is 13.4. The van der Waals surface area contributed by atoms with Gasteiger partial charge in [0.1, 0.15) is 0 Å². The average Bonchev–Trinajstić information content (AvgIpc) is 1.27. The summed E-state index contributed by atoms with van der Waals surface area (Å²) in [7, 11) is 20.1. The summed E-state index contributed by atoms with van der Waals surface area (Å²) in [5.41, 5.74) is 0. The Morgan fingerprint density at radius 3 is 1.25 bits per heavy atom. The van der Waals surface area contributed by atoms with Crippen LogP contribution in [0.25, 0.3) is 0 Å². The molecule has 0 spiro atoms. The molecule has 0 heterocycles. The summed E-state index contributed by atoms with van der Waals surface area (Å²) in [6.45, 7) is 1.93. The molecular weight excluding hydrogens is 374 g/mol. The number of hydrogen-bond acceptors (Lipinski definition) is 1. The van der Waals surface area contributed by atoms with E-state index in [1.54, 1.807) is 6.92 Å². The molecule has 0 radical (unpaired) electrons. The maximum absolute atomic E-state index is 7.57. The third-order valence-corrected chi connectivity index (χ3v) is 0. The van der Waals surface area contributed by atoms with Crippen LogP contribution < -0.4 is 0 Å². The third kappa shape index (κ3) is 114. The van der Waals surface area contributed by atoms with E-state index in [0.717, 1.165) is 0 Å². The van der Waals surface area contributed by atoms with Crippen molar-refractivity contribution in [3.8, 4) is 0 Å². The molecule has 0 aliphatic rings. The Kier molecular flexibility index (Phi) is 10.7. The molecule has 0 unspecified atom stereocenters. The van der Waals surface area contributed by atoms with Crippen molar-refractivity contribution in [1.82, 2.24) is 0 Å². The van der Waals surface area contributed by atoms with Crippen LogP contribution in [0.3, 0.4) is 0 Å². The van der Waals surface area contributed by atoms with Crippen molar-refractivity contribution in [1.29, 1.82) is 0 Å². The van der Waals surface area contributed by atoms with Crippen LogP contribution >= 0.6 is 38.3 Å². The molecule has 0 amide bonds. The van der Waals surface area contributed by atoms with Crippen LogP contribution in [0.1, 0.15) is 6.92 Å². The molecule has 0 aliphatic carbocycles. The second-order valence-electron chi connectivity index (χ2n) is 0.602. The zero-order valence-corrected chi connectivity index (χ0v) is 9.42. The Morgan fingerprint density at radius 2 is 1.25 bits per heavy atom. The van der Waals surface area contributed by atoms with Gasteiger partial charge in [-0.05, 0) is 6.92 Å². The minimum atomic E-state index is -3.11. The van der Waals surface area contributed by atoms with Crippen LogP contribution in [-0.4, -0.2) is 11.7 Å². The molecule has 8 heavy (non-hydrogen) atoms. The van der Waals surface area contributed by atoms with Gasteiger partial charge in [-0.25, -0.2) is 0 Å². The number of aliphatic hydroxyl groups excluding tert-OH is 1. The van der Waals surface area contributed by atoms with Crippen LogP contribution in [-0.2, 0) is 11.2 Å². The summed E-state index contributed by atoms with van der Waals surface area (Å²) in [6, 6.07) is 0. The fraction of sp³-hybridized carbons (Fsp3) is 1.00.